The molecule has 4 heterocycles. The number of piperazine rings is 1. The number of amides is 1. The van der Waals surface area contributed by atoms with Gasteiger partial charge < -0.3 is 15.1 Å². The number of alkyl halides is 3. The monoisotopic (exact) mass is 423 g/mol. The lowest BCUT2D eigenvalue weighted by atomic mass is 10.1. The number of hydrogen-bond donors (Lipinski definition) is 1. The minimum absolute atomic E-state index is 0.0254. The number of halogens is 3. The smallest absolute Gasteiger partial charge is 0.338 e. The summed E-state index contributed by atoms with van der Waals surface area (Å²) in [6.45, 7) is 6.63. The van der Waals surface area contributed by atoms with Gasteiger partial charge in [-0.2, -0.15) is 18.3 Å². The summed E-state index contributed by atoms with van der Waals surface area (Å²) in [4.78, 5) is 24.2. The first-order chi connectivity index (χ1) is 14.2. The molecule has 0 aromatic carbocycles. The molecule has 2 aromatic rings. The molecule has 4 rings (SSSR count). The Morgan fingerprint density at radius 1 is 1.23 bits per heavy atom. The summed E-state index contributed by atoms with van der Waals surface area (Å²) in [7, 11) is 0. The Morgan fingerprint density at radius 2 is 2.03 bits per heavy atom. The van der Waals surface area contributed by atoms with E-state index in [9.17, 15) is 18.0 Å². The minimum Gasteiger partial charge on any atom is -0.338 e. The van der Waals surface area contributed by atoms with E-state index in [4.69, 9.17) is 0 Å². The predicted octanol–water partition coefficient (Wildman–Crippen LogP) is 1.78. The maximum Gasteiger partial charge on any atom is 0.433 e. The Bertz CT molecular complexity index is 929. The molecular formula is C19H24F3N7O. The van der Waals surface area contributed by atoms with E-state index in [1.54, 1.807) is 16.0 Å². The Morgan fingerprint density at radius 3 is 2.67 bits per heavy atom. The van der Waals surface area contributed by atoms with E-state index in [0.717, 1.165) is 25.6 Å². The molecule has 8 nitrogen and oxygen atoms in total. The number of nitrogens with one attached hydrogen (secondary N) is 1. The van der Waals surface area contributed by atoms with Crippen molar-refractivity contribution in [2.45, 2.75) is 45.1 Å². The summed E-state index contributed by atoms with van der Waals surface area (Å²) >= 11 is 0. The molecule has 2 aliphatic rings. The second-order valence-corrected chi connectivity index (χ2v) is 7.83. The topological polar surface area (TPSA) is 79.2 Å². The van der Waals surface area contributed by atoms with Gasteiger partial charge in [0.05, 0.1) is 11.9 Å². The summed E-state index contributed by atoms with van der Waals surface area (Å²) in [5, 5.41) is 7.39. The van der Waals surface area contributed by atoms with Crippen molar-refractivity contribution in [3.8, 4) is 11.3 Å². The molecular weight excluding hydrogens is 399 g/mol. The zero-order chi connectivity index (χ0) is 21.5. The van der Waals surface area contributed by atoms with Gasteiger partial charge in [-0.25, -0.2) is 9.97 Å². The third-order valence-electron chi connectivity index (χ3n) is 5.63. The molecule has 0 bridgehead atoms. The van der Waals surface area contributed by atoms with Crippen LogP contribution in [0.2, 0.25) is 0 Å². The van der Waals surface area contributed by atoms with Gasteiger partial charge in [-0.3, -0.25) is 9.48 Å². The summed E-state index contributed by atoms with van der Waals surface area (Å²) in [5.74, 6) is -0.00976. The largest absolute Gasteiger partial charge is 0.433 e. The van der Waals surface area contributed by atoms with Crippen LogP contribution in [-0.2, 0) is 17.5 Å². The summed E-state index contributed by atoms with van der Waals surface area (Å²) in [5.41, 5.74) is -0.431. The predicted molar refractivity (Wildman–Crippen MR) is 104 cm³/mol. The van der Waals surface area contributed by atoms with E-state index < -0.39 is 11.9 Å². The van der Waals surface area contributed by atoms with Gasteiger partial charge in [0, 0.05) is 50.0 Å². The van der Waals surface area contributed by atoms with Gasteiger partial charge >= 0.3 is 6.18 Å². The van der Waals surface area contributed by atoms with Crippen LogP contribution >= 0.6 is 0 Å². The Kier molecular flexibility index (Phi) is 5.39. The molecule has 1 N–H and O–H groups in total. The van der Waals surface area contributed by atoms with Crippen LogP contribution in [0.25, 0.3) is 11.3 Å². The van der Waals surface area contributed by atoms with Crippen molar-refractivity contribution in [1.82, 2.24) is 30.0 Å². The van der Waals surface area contributed by atoms with Gasteiger partial charge in [-0.1, -0.05) is 0 Å². The molecule has 0 saturated carbocycles. The molecule has 2 fully saturated rings. The first-order valence-corrected chi connectivity index (χ1v) is 9.98. The van der Waals surface area contributed by atoms with Crippen molar-refractivity contribution < 1.29 is 18.0 Å². The average Bonchev–Trinajstić information content (AvgIpc) is 3.14. The van der Waals surface area contributed by atoms with Crippen molar-refractivity contribution in [2.75, 3.05) is 31.1 Å². The molecule has 2 aliphatic heterocycles. The highest BCUT2D eigenvalue weighted by molar-refractivity contribution is 5.76. The van der Waals surface area contributed by atoms with Crippen molar-refractivity contribution in [1.29, 1.82) is 0 Å². The summed E-state index contributed by atoms with van der Waals surface area (Å²) in [6.07, 6.45) is -0.707. The van der Waals surface area contributed by atoms with Gasteiger partial charge in [0.1, 0.15) is 6.54 Å². The lowest BCUT2D eigenvalue weighted by Crippen LogP contribution is -2.53. The fraction of sp³-hybridized carbons (Fsp3) is 0.579. The molecule has 0 spiro atoms. The number of carbonyl (C=O) groups excluding carboxylic acids is 1. The molecule has 2 aromatic heterocycles. The number of aromatic nitrogens is 4. The molecule has 0 unspecified atom stereocenters. The van der Waals surface area contributed by atoms with Crippen molar-refractivity contribution in [3.63, 3.8) is 0 Å². The highest BCUT2D eigenvalue weighted by Crippen LogP contribution is 2.33. The van der Waals surface area contributed by atoms with Crippen molar-refractivity contribution >= 4 is 11.9 Å². The zero-order valence-electron chi connectivity index (χ0n) is 16.9. The first kappa shape index (κ1) is 20.6. The van der Waals surface area contributed by atoms with Gasteiger partial charge in [-0.05, 0) is 26.3 Å². The van der Waals surface area contributed by atoms with E-state index in [2.05, 4.69) is 20.4 Å². The number of hydrogen-bond acceptors (Lipinski definition) is 6. The Hall–Kier alpha value is -2.69. The first-order valence-electron chi connectivity index (χ1n) is 9.98. The molecule has 30 heavy (non-hydrogen) atoms. The van der Waals surface area contributed by atoms with E-state index in [1.165, 1.54) is 10.9 Å². The number of carbonyl (C=O) groups is 1. The number of anilines is 1. The van der Waals surface area contributed by atoms with Crippen LogP contribution in [0.4, 0.5) is 19.1 Å². The molecule has 0 radical (unpaired) electrons. The minimum atomic E-state index is -4.58. The lowest BCUT2D eigenvalue weighted by Gasteiger charge is -2.38. The van der Waals surface area contributed by atoms with Crippen LogP contribution in [0, 0.1) is 0 Å². The summed E-state index contributed by atoms with van der Waals surface area (Å²) in [6, 6.07) is 1.11. The van der Waals surface area contributed by atoms with Crippen LogP contribution < -0.4 is 10.2 Å². The maximum absolute atomic E-state index is 13.4. The maximum atomic E-state index is 13.4. The van der Waals surface area contributed by atoms with E-state index in [1.807, 2.05) is 13.8 Å². The highest BCUT2D eigenvalue weighted by Gasteiger charge is 2.36. The highest BCUT2D eigenvalue weighted by atomic mass is 19.4. The van der Waals surface area contributed by atoms with Crippen LogP contribution in [0.5, 0.6) is 0 Å². The standard InChI is InChI=1S/C19H24F3N7O/c1-12-3-5-29(12)18-25-15(7-16(26-18)19(20,21)22)14-9-24-27(10-14)11-17(30)28-6-4-23-8-13(28)2/h7,9-10,12-13,23H,3-6,8,11H2,1-2H3/t12-,13-/m0/s1. The fourth-order valence-electron chi connectivity index (χ4n) is 3.69. The second kappa shape index (κ2) is 7.86. The SMILES string of the molecule is C[C@H]1CNCCN1C(=O)Cn1cc(-c2cc(C(F)(F)F)nc(N3CC[C@@H]3C)n2)cn1. The number of rotatable bonds is 4. The quantitative estimate of drug-likeness (QED) is 0.808. The molecule has 1 amide bonds. The summed E-state index contributed by atoms with van der Waals surface area (Å²) < 4.78 is 41.6. The molecule has 11 heteroatoms. The molecule has 2 saturated heterocycles. The van der Waals surface area contributed by atoms with Crippen LogP contribution in [-0.4, -0.2) is 68.8 Å². The fourth-order valence-corrected chi connectivity index (χ4v) is 3.69. The van der Waals surface area contributed by atoms with E-state index >= 15 is 0 Å². The van der Waals surface area contributed by atoms with E-state index in [0.29, 0.717) is 18.7 Å². The van der Waals surface area contributed by atoms with E-state index in [-0.39, 0.29) is 36.2 Å². The average molecular weight is 423 g/mol. The molecule has 0 aliphatic carbocycles. The van der Waals surface area contributed by atoms with Crippen molar-refractivity contribution in [3.05, 3.63) is 24.2 Å². The third-order valence-corrected chi connectivity index (χ3v) is 5.63. The second-order valence-electron chi connectivity index (χ2n) is 7.83. The molecule has 2 atom stereocenters. The van der Waals surface area contributed by atoms with Gasteiger partial charge in [0.2, 0.25) is 11.9 Å². The van der Waals surface area contributed by atoms with Crippen molar-refractivity contribution in [2.24, 2.45) is 0 Å². The van der Waals surface area contributed by atoms with Gasteiger partial charge in [-0.15, -0.1) is 0 Å². The zero-order valence-corrected chi connectivity index (χ0v) is 16.9. The van der Waals surface area contributed by atoms with Gasteiger partial charge in [0.15, 0.2) is 5.69 Å². The molecule has 162 valence electrons. The van der Waals surface area contributed by atoms with Crippen LogP contribution in [0.15, 0.2) is 18.5 Å². The number of nitrogens with zero attached hydrogens (tertiary/aromatic N) is 6. The van der Waals surface area contributed by atoms with Crippen LogP contribution in [0.1, 0.15) is 26.0 Å². The normalized spacial score (nSPS) is 22.2. The Labute approximate surface area is 172 Å². The third kappa shape index (κ3) is 4.11. The Balaban J connectivity index is 1.57. The lowest BCUT2D eigenvalue weighted by molar-refractivity contribution is -0.141. The van der Waals surface area contributed by atoms with Gasteiger partial charge in [0.25, 0.3) is 0 Å². The van der Waals surface area contributed by atoms with Crippen LogP contribution in [0.3, 0.4) is 0 Å².